The van der Waals surface area contributed by atoms with E-state index in [-0.39, 0.29) is 0 Å². The Morgan fingerprint density at radius 2 is 2.00 bits per heavy atom. The predicted octanol–water partition coefficient (Wildman–Crippen LogP) is 0.826. The van der Waals surface area contributed by atoms with Crippen LogP contribution in [-0.2, 0) is 11.8 Å². The number of hydrogen-bond acceptors (Lipinski definition) is 5. The summed E-state index contributed by atoms with van der Waals surface area (Å²) in [6.45, 7) is 3.15. The smallest absolute Gasteiger partial charge is 0.267 e. The Kier molecular flexibility index (Phi) is 6.71. The summed E-state index contributed by atoms with van der Waals surface area (Å²) in [5.74, 6) is 4.61. The van der Waals surface area contributed by atoms with Crippen molar-refractivity contribution in [3.63, 3.8) is 0 Å². The van der Waals surface area contributed by atoms with Gasteiger partial charge in [-0.05, 0) is 50.3 Å². The summed E-state index contributed by atoms with van der Waals surface area (Å²) in [5, 5.41) is 15.4. The molecule has 1 aromatic carbocycles. The van der Waals surface area contributed by atoms with E-state index in [0.29, 0.717) is 5.56 Å². The molecule has 0 spiro atoms. The van der Waals surface area contributed by atoms with Gasteiger partial charge in [0.05, 0.1) is 6.20 Å². The molecule has 0 aliphatic carbocycles. The van der Waals surface area contributed by atoms with Crippen molar-refractivity contribution < 1.29 is 14.8 Å². The van der Waals surface area contributed by atoms with Crippen LogP contribution in [0.4, 0.5) is 0 Å². The highest BCUT2D eigenvalue weighted by molar-refractivity contribution is 5.97. The van der Waals surface area contributed by atoms with Crippen LogP contribution in [0.25, 0.3) is 6.08 Å². The zero-order chi connectivity index (χ0) is 20.7. The SMILES string of the molecule is Cn1cc(C=CC#Cc2ccc(C(=O)N[C@H](C(=O)NO)C(C)(C)N)cc2)cn1. The zero-order valence-electron chi connectivity index (χ0n) is 15.9. The highest BCUT2D eigenvalue weighted by Gasteiger charge is 2.33. The summed E-state index contributed by atoms with van der Waals surface area (Å²) in [6, 6.07) is 5.51. The topological polar surface area (TPSA) is 122 Å². The molecule has 2 aromatic rings. The summed E-state index contributed by atoms with van der Waals surface area (Å²) in [7, 11) is 1.84. The minimum absolute atomic E-state index is 0.344. The van der Waals surface area contributed by atoms with Gasteiger partial charge < -0.3 is 11.1 Å². The van der Waals surface area contributed by atoms with E-state index in [1.54, 1.807) is 55.1 Å². The molecule has 146 valence electrons. The molecular weight excluding hydrogens is 358 g/mol. The molecule has 28 heavy (non-hydrogen) atoms. The van der Waals surface area contributed by atoms with Crippen LogP contribution in [0.15, 0.2) is 42.7 Å². The molecule has 8 nitrogen and oxygen atoms in total. The van der Waals surface area contributed by atoms with Gasteiger partial charge in [-0.1, -0.05) is 11.8 Å². The third kappa shape index (κ3) is 5.81. The van der Waals surface area contributed by atoms with Crippen LogP contribution in [0.3, 0.4) is 0 Å². The van der Waals surface area contributed by atoms with E-state index in [2.05, 4.69) is 22.3 Å². The molecule has 8 heteroatoms. The number of nitrogens with zero attached hydrogens (tertiary/aromatic N) is 2. The highest BCUT2D eigenvalue weighted by Crippen LogP contribution is 2.09. The average molecular weight is 381 g/mol. The first-order valence-electron chi connectivity index (χ1n) is 8.51. The van der Waals surface area contributed by atoms with Crippen LogP contribution in [0, 0.1) is 11.8 Å². The Hall–Kier alpha value is -3.41. The number of carbonyl (C=O) groups excluding carboxylic acids is 2. The Morgan fingerprint density at radius 3 is 2.54 bits per heavy atom. The molecule has 0 fully saturated rings. The number of aromatic nitrogens is 2. The summed E-state index contributed by atoms with van der Waals surface area (Å²) in [4.78, 5) is 24.1. The maximum atomic E-state index is 12.4. The van der Waals surface area contributed by atoms with Crippen molar-refractivity contribution in [1.29, 1.82) is 0 Å². The maximum Gasteiger partial charge on any atom is 0.267 e. The van der Waals surface area contributed by atoms with E-state index >= 15 is 0 Å². The van der Waals surface area contributed by atoms with Gasteiger partial charge in [0.15, 0.2) is 0 Å². The van der Waals surface area contributed by atoms with Gasteiger partial charge in [-0.2, -0.15) is 5.10 Å². The van der Waals surface area contributed by atoms with Crippen molar-refractivity contribution in [1.82, 2.24) is 20.6 Å². The number of amides is 2. The van der Waals surface area contributed by atoms with Gasteiger partial charge in [0, 0.05) is 35.5 Å². The Balaban J connectivity index is 2.03. The fourth-order valence-corrected chi connectivity index (χ4v) is 2.36. The molecule has 0 aliphatic heterocycles. The molecule has 1 aromatic heterocycles. The molecule has 0 saturated carbocycles. The minimum Gasteiger partial charge on any atom is -0.338 e. The monoisotopic (exact) mass is 381 g/mol. The van der Waals surface area contributed by atoms with Crippen molar-refractivity contribution in [2.75, 3.05) is 0 Å². The van der Waals surface area contributed by atoms with Crippen molar-refractivity contribution in [2.24, 2.45) is 12.8 Å². The van der Waals surface area contributed by atoms with E-state index in [1.807, 2.05) is 19.3 Å². The quantitative estimate of drug-likeness (QED) is 0.347. The van der Waals surface area contributed by atoms with E-state index in [9.17, 15) is 9.59 Å². The second-order valence-electron chi connectivity index (χ2n) is 6.83. The van der Waals surface area contributed by atoms with E-state index < -0.39 is 23.4 Å². The lowest BCUT2D eigenvalue weighted by Gasteiger charge is -2.29. The first kappa shape index (κ1) is 20.9. The fraction of sp³-hybridized carbons (Fsp3) is 0.250. The lowest BCUT2D eigenvalue weighted by atomic mass is 9.95. The molecule has 1 heterocycles. The van der Waals surface area contributed by atoms with Crippen LogP contribution < -0.4 is 16.5 Å². The first-order valence-corrected chi connectivity index (χ1v) is 8.51. The van der Waals surface area contributed by atoms with Gasteiger partial charge in [0.25, 0.3) is 11.8 Å². The summed E-state index contributed by atoms with van der Waals surface area (Å²) < 4.78 is 1.71. The van der Waals surface area contributed by atoms with Crippen molar-refractivity contribution in [3.05, 3.63) is 59.4 Å². The molecule has 0 unspecified atom stereocenters. The van der Waals surface area contributed by atoms with E-state index in [1.165, 1.54) is 5.48 Å². The number of hydroxylamine groups is 1. The molecule has 0 radical (unpaired) electrons. The van der Waals surface area contributed by atoms with Crippen molar-refractivity contribution in [2.45, 2.75) is 25.4 Å². The first-order chi connectivity index (χ1) is 13.2. The lowest BCUT2D eigenvalue weighted by molar-refractivity contribution is -0.132. The molecular formula is C20H23N5O3. The number of hydrogen-bond donors (Lipinski definition) is 4. The fourth-order valence-electron chi connectivity index (χ4n) is 2.36. The third-order valence-electron chi connectivity index (χ3n) is 3.84. The van der Waals surface area contributed by atoms with E-state index in [4.69, 9.17) is 10.9 Å². The van der Waals surface area contributed by atoms with Crippen LogP contribution in [0.2, 0.25) is 0 Å². The normalized spacial score (nSPS) is 12.2. The minimum atomic E-state index is -1.10. The van der Waals surface area contributed by atoms with Crippen molar-refractivity contribution in [3.8, 4) is 11.8 Å². The number of rotatable bonds is 5. The van der Waals surface area contributed by atoms with Crippen LogP contribution in [0.1, 0.15) is 35.3 Å². The Labute approximate surface area is 163 Å². The average Bonchev–Trinajstić information content (AvgIpc) is 3.07. The lowest BCUT2D eigenvalue weighted by Crippen LogP contribution is -2.61. The van der Waals surface area contributed by atoms with Crippen molar-refractivity contribution >= 4 is 17.9 Å². The second-order valence-corrected chi connectivity index (χ2v) is 6.83. The number of nitrogens with one attached hydrogen (secondary N) is 2. The molecule has 0 bridgehead atoms. The number of benzene rings is 1. The highest BCUT2D eigenvalue weighted by atomic mass is 16.5. The molecule has 2 amide bonds. The second kappa shape index (κ2) is 8.99. The van der Waals surface area contributed by atoms with Gasteiger partial charge >= 0.3 is 0 Å². The van der Waals surface area contributed by atoms with Gasteiger partial charge in [0.2, 0.25) is 0 Å². The molecule has 0 saturated heterocycles. The van der Waals surface area contributed by atoms with Gasteiger partial charge in [-0.3, -0.25) is 19.5 Å². The maximum absolute atomic E-state index is 12.4. The van der Waals surface area contributed by atoms with Gasteiger partial charge in [-0.25, -0.2) is 5.48 Å². The molecule has 5 N–H and O–H groups in total. The van der Waals surface area contributed by atoms with Crippen LogP contribution in [-0.4, -0.2) is 38.4 Å². The summed E-state index contributed by atoms with van der Waals surface area (Å²) in [6.07, 6.45) is 7.18. The predicted molar refractivity (Wildman–Crippen MR) is 105 cm³/mol. The number of nitrogens with two attached hydrogens (primary N) is 1. The van der Waals surface area contributed by atoms with Gasteiger partial charge in [-0.15, -0.1) is 0 Å². The summed E-state index contributed by atoms with van der Waals surface area (Å²) >= 11 is 0. The summed E-state index contributed by atoms with van der Waals surface area (Å²) in [5.41, 5.74) is 8.38. The Bertz CT molecular complexity index is 927. The largest absolute Gasteiger partial charge is 0.338 e. The number of allylic oxidation sites excluding steroid dienone is 1. The molecule has 0 aliphatic rings. The standard InChI is InChI=1S/C20H23N5O3/c1-20(2,21)17(19(27)24-28)23-18(26)16-10-8-14(9-11-16)6-4-5-7-15-12-22-25(3)13-15/h5,7-13,17,28H,21H2,1-3H3,(H,23,26)(H,24,27)/t17-/m1/s1. The third-order valence-corrected chi connectivity index (χ3v) is 3.84. The van der Waals surface area contributed by atoms with E-state index in [0.717, 1.165) is 11.1 Å². The van der Waals surface area contributed by atoms with Gasteiger partial charge in [0.1, 0.15) is 6.04 Å². The zero-order valence-corrected chi connectivity index (χ0v) is 15.9. The molecule has 1 atom stereocenters. The van der Waals surface area contributed by atoms with Crippen LogP contribution in [0.5, 0.6) is 0 Å². The Morgan fingerprint density at radius 1 is 1.32 bits per heavy atom. The molecule has 2 rings (SSSR count). The van der Waals surface area contributed by atoms with Crippen LogP contribution >= 0.6 is 0 Å². The number of aryl methyl sites for hydroxylation is 1. The number of carbonyl (C=O) groups is 2.